The molecule has 1 amide bonds. The molecule has 2 aromatic carbocycles. The van der Waals surface area contributed by atoms with Gasteiger partial charge in [-0.1, -0.05) is 28.1 Å². The van der Waals surface area contributed by atoms with Crippen LogP contribution in [0.3, 0.4) is 0 Å². The second-order valence-electron chi connectivity index (χ2n) is 5.55. The predicted octanol–water partition coefficient (Wildman–Crippen LogP) is 2.92. The number of benzene rings is 2. The molecule has 1 fully saturated rings. The number of fused-ring (bicyclic) bond motifs is 1. The molecule has 1 aliphatic heterocycles. The van der Waals surface area contributed by atoms with Crippen molar-refractivity contribution >= 4 is 38.6 Å². The summed E-state index contributed by atoms with van der Waals surface area (Å²) in [5, 5.41) is 10.9. The van der Waals surface area contributed by atoms with Crippen LogP contribution in [0, 0.1) is 0 Å². The third-order valence-electron chi connectivity index (χ3n) is 3.88. The fraction of sp³-hybridized carbons (Fsp3) is 0.294. The molecule has 1 atom stereocenters. The average Bonchev–Trinajstić information content (AvgIpc) is 2.53. The quantitative estimate of drug-likeness (QED) is 0.892. The molecule has 1 saturated heterocycles. The molecule has 1 aliphatic rings. The molecule has 3 rings (SSSR count). The van der Waals surface area contributed by atoms with Gasteiger partial charge in [-0.15, -0.1) is 0 Å². The average molecular weight is 378 g/mol. The van der Waals surface area contributed by atoms with Crippen molar-refractivity contribution in [2.75, 3.05) is 19.7 Å². The van der Waals surface area contributed by atoms with Gasteiger partial charge in [0, 0.05) is 23.1 Å². The van der Waals surface area contributed by atoms with Crippen molar-refractivity contribution in [1.82, 2.24) is 4.90 Å². The van der Waals surface area contributed by atoms with Gasteiger partial charge < -0.3 is 14.7 Å². The molecule has 0 aliphatic carbocycles. The number of carbonyl (C=O) groups excluding carboxylic acids is 1. The number of morpholine rings is 1. The van der Waals surface area contributed by atoms with Crippen molar-refractivity contribution in [2.45, 2.75) is 12.5 Å². The smallest absolute Gasteiger partial charge is 0.306 e. The lowest BCUT2D eigenvalue weighted by atomic mass is 10.1. The number of halogens is 1. The Hall–Kier alpha value is -1.92. The summed E-state index contributed by atoms with van der Waals surface area (Å²) in [5.41, 5.74) is 0.607. The maximum atomic E-state index is 12.7. The zero-order valence-electron chi connectivity index (χ0n) is 12.4. The van der Waals surface area contributed by atoms with Gasteiger partial charge in [-0.25, -0.2) is 0 Å². The van der Waals surface area contributed by atoms with Crippen LogP contribution >= 0.6 is 15.9 Å². The van der Waals surface area contributed by atoms with Crippen molar-refractivity contribution < 1.29 is 19.4 Å². The normalized spacial score (nSPS) is 18.1. The topological polar surface area (TPSA) is 66.8 Å². The molecule has 5 nitrogen and oxygen atoms in total. The summed E-state index contributed by atoms with van der Waals surface area (Å²) >= 11 is 3.43. The van der Waals surface area contributed by atoms with Crippen molar-refractivity contribution in [2.24, 2.45) is 0 Å². The highest BCUT2D eigenvalue weighted by Gasteiger charge is 2.26. The zero-order chi connectivity index (χ0) is 16.4. The molecular formula is C17H16BrNO4. The minimum atomic E-state index is -0.916. The van der Waals surface area contributed by atoms with Crippen molar-refractivity contribution in [3.63, 3.8) is 0 Å². The summed E-state index contributed by atoms with van der Waals surface area (Å²) < 4.78 is 6.40. The van der Waals surface area contributed by atoms with Crippen LogP contribution in [0.25, 0.3) is 10.8 Å². The van der Waals surface area contributed by atoms with Gasteiger partial charge in [0.2, 0.25) is 0 Å². The monoisotopic (exact) mass is 377 g/mol. The van der Waals surface area contributed by atoms with Crippen molar-refractivity contribution in [1.29, 1.82) is 0 Å². The highest BCUT2D eigenvalue weighted by Crippen LogP contribution is 2.22. The number of hydrogen-bond acceptors (Lipinski definition) is 3. The maximum Gasteiger partial charge on any atom is 0.306 e. The number of aliphatic carboxylic acids is 1. The summed E-state index contributed by atoms with van der Waals surface area (Å²) in [4.78, 5) is 25.1. The number of nitrogens with zero attached hydrogens (tertiary/aromatic N) is 1. The van der Waals surface area contributed by atoms with Crippen LogP contribution in [-0.4, -0.2) is 47.7 Å². The van der Waals surface area contributed by atoms with Crippen molar-refractivity contribution in [3.05, 3.63) is 46.4 Å². The van der Waals surface area contributed by atoms with E-state index in [1.54, 1.807) is 11.0 Å². The van der Waals surface area contributed by atoms with Crippen molar-refractivity contribution in [3.8, 4) is 0 Å². The maximum absolute atomic E-state index is 12.7. The molecule has 2 aromatic rings. The first-order valence-corrected chi connectivity index (χ1v) is 8.14. The Morgan fingerprint density at radius 2 is 1.96 bits per heavy atom. The summed E-state index contributed by atoms with van der Waals surface area (Å²) in [6, 6.07) is 11.5. The van der Waals surface area contributed by atoms with E-state index in [1.807, 2.05) is 30.3 Å². The first-order valence-electron chi connectivity index (χ1n) is 7.35. The largest absolute Gasteiger partial charge is 0.481 e. The zero-order valence-corrected chi connectivity index (χ0v) is 14.0. The second kappa shape index (κ2) is 6.68. The second-order valence-corrected chi connectivity index (χ2v) is 6.46. The number of carbonyl (C=O) groups is 2. The molecule has 0 radical (unpaired) electrons. The molecular weight excluding hydrogens is 362 g/mol. The van der Waals surface area contributed by atoms with E-state index in [9.17, 15) is 9.59 Å². The van der Waals surface area contributed by atoms with Gasteiger partial charge in [-0.2, -0.15) is 0 Å². The van der Waals surface area contributed by atoms with Gasteiger partial charge >= 0.3 is 5.97 Å². The molecule has 1 heterocycles. The number of hydrogen-bond donors (Lipinski definition) is 1. The van der Waals surface area contributed by atoms with Crippen LogP contribution in [0.15, 0.2) is 40.9 Å². The Kier molecular flexibility index (Phi) is 4.63. The molecule has 0 saturated carbocycles. The number of ether oxygens (including phenoxy) is 1. The van der Waals surface area contributed by atoms with Gasteiger partial charge in [0.05, 0.1) is 19.1 Å². The van der Waals surface area contributed by atoms with Crippen LogP contribution < -0.4 is 0 Å². The van der Waals surface area contributed by atoms with Crippen LogP contribution in [0.4, 0.5) is 0 Å². The fourth-order valence-electron chi connectivity index (χ4n) is 2.75. The Bertz CT molecular complexity index is 761. The molecule has 0 aromatic heterocycles. The van der Waals surface area contributed by atoms with Gasteiger partial charge in [0.1, 0.15) is 0 Å². The fourth-order valence-corrected chi connectivity index (χ4v) is 3.13. The SMILES string of the molecule is O=C(O)CC1CN(C(=O)c2ccc3cc(Br)ccc3c2)CCO1. The van der Waals surface area contributed by atoms with E-state index in [2.05, 4.69) is 15.9 Å². The lowest BCUT2D eigenvalue weighted by Crippen LogP contribution is -2.46. The predicted molar refractivity (Wildman–Crippen MR) is 89.5 cm³/mol. The third-order valence-corrected chi connectivity index (χ3v) is 4.37. The lowest BCUT2D eigenvalue weighted by molar-refractivity contribution is -0.141. The summed E-state index contributed by atoms with van der Waals surface area (Å²) in [7, 11) is 0. The van der Waals surface area contributed by atoms with Crippen LogP contribution in [0.1, 0.15) is 16.8 Å². The molecule has 0 bridgehead atoms. The number of rotatable bonds is 3. The van der Waals surface area contributed by atoms with Crippen LogP contribution in [0.5, 0.6) is 0 Å². The summed E-state index contributed by atoms with van der Waals surface area (Å²) in [5.74, 6) is -1.01. The molecule has 6 heteroatoms. The number of carboxylic acid groups (broad SMARTS) is 1. The lowest BCUT2D eigenvalue weighted by Gasteiger charge is -2.32. The van der Waals surface area contributed by atoms with E-state index in [4.69, 9.17) is 9.84 Å². The van der Waals surface area contributed by atoms with Crippen LogP contribution in [-0.2, 0) is 9.53 Å². The van der Waals surface area contributed by atoms with E-state index in [0.717, 1.165) is 15.2 Å². The van der Waals surface area contributed by atoms with E-state index < -0.39 is 12.1 Å². The molecule has 1 N–H and O–H groups in total. The van der Waals surface area contributed by atoms with E-state index in [0.29, 0.717) is 25.3 Å². The van der Waals surface area contributed by atoms with Gasteiger partial charge in [-0.3, -0.25) is 9.59 Å². The number of carboxylic acids is 1. The Labute approximate surface area is 142 Å². The van der Waals surface area contributed by atoms with Gasteiger partial charge in [-0.05, 0) is 35.0 Å². The minimum Gasteiger partial charge on any atom is -0.481 e. The van der Waals surface area contributed by atoms with E-state index in [1.165, 1.54) is 0 Å². The first-order chi connectivity index (χ1) is 11.0. The van der Waals surface area contributed by atoms with Gasteiger partial charge in [0.15, 0.2) is 0 Å². The molecule has 1 unspecified atom stereocenters. The number of amides is 1. The molecule has 23 heavy (non-hydrogen) atoms. The summed E-state index contributed by atoms with van der Waals surface area (Å²) in [6.45, 7) is 1.15. The standard InChI is InChI=1S/C17H16BrNO4/c18-14-4-3-11-7-13(2-1-12(11)8-14)17(22)19-5-6-23-15(10-19)9-16(20)21/h1-4,7-8,15H,5-6,9-10H2,(H,20,21). The van der Waals surface area contributed by atoms with E-state index >= 15 is 0 Å². The first kappa shape index (κ1) is 16.0. The Balaban J connectivity index is 1.79. The summed E-state index contributed by atoms with van der Waals surface area (Å²) in [6.07, 6.45) is -0.531. The molecule has 0 spiro atoms. The van der Waals surface area contributed by atoms with E-state index in [-0.39, 0.29) is 12.3 Å². The highest BCUT2D eigenvalue weighted by atomic mass is 79.9. The minimum absolute atomic E-state index is 0.0878. The Morgan fingerprint density at radius 1 is 1.22 bits per heavy atom. The third kappa shape index (κ3) is 3.71. The molecule has 120 valence electrons. The highest BCUT2D eigenvalue weighted by molar-refractivity contribution is 9.10. The van der Waals surface area contributed by atoms with Gasteiger partial charge in [0.25, 0.3) is 5.91 Å². The van der Waals surface area contributed by atoms with Crippen LogP contribution in [0.2, 0.25) is 0 Å². The Morgan fingerprint density at radius 3 is 2.74 bits per heavy atom.